The average Bonchev–Trinajstić information content (AvgIpc) is 2.90. The third-order valence-corrected chi connectivity index (χ3v) is 5.29. The fourth-order valence-electron chi connectivity index (χ4n) is 4.32. The number of nitrogens with one attached hydrogen (secondary N) is 3. The number of rotatable bonds is 2. The molecule has 4 bridgehead atoms. The molecule has 0 radical (unpaired) electrons. The number of urea groups is 1. The summed E-state index contributed by atoms with van der Waals surface area (Å²) >= 11 is 0. The summed E-state index contributed by atoms with van der Waals surface area (Å²) in [7, 11) is 0. The van der Waals surface area contributed by atoms with Crippen molar-refractivity contribution in [2.24, 2.45) is 0 Å². The van der Waals surface area contributed by atoms with Crippen molar-refractivity contribution in [2.45, 2.75) is 68.7 Å². The van der Waals surface area contributed by atoms with Crippen LogP contribution in [0.15, 0.2) is 0 Å². The largest absolute Gasteiger partial charge is 0.351 e. The Morgan fingerprint density at radius 3 is 2.55 bits per heavy atom. The van der Waals surface area contributed by atoms with E-state index in [-0.39, 0.29) is 30.1 Å². The molecule has 3 amide bonds. The van der Waals surface area contributed by atoms with E-state index < -0.39 is 0 Å². The van der Waals surface area contributed by atoms with E-state index >= 15 is 0 Å². The second-order valence-electron chi connectivity index (χ2n) is 6.71. The van der Waals surface area contributed by atoms with Crippen LogP contribution in [0.3, 0.4) is 0 Å². The van der Waals surface area contributed by atoms with E-state index in [0.717, 1.165) is 25.7 Å². The van der Waals surface area contributed by atoms with E-state index in [2.05, 4.69) is 16.0 Å². The molecule has 6 heteroatoms. The van der Waals surface area contributed by atoms with E-state index in [9.17, 15) is 9.59 Å². The lowest BCUT2D eigenvalue weighted by Crippen LogP contribution is -2.55. The number of amides is 3. The van der Waals surface area contributed by atoms with Gasteiger partial charge in [-0.3, -0.25) is 4.79 Å². The average molecular weight is 278 g/mol. The summed E-state index contributed by atoms with van der Waals surface area (Å²) in [5, 5.41) is 9.70. The fourth-order valence-corrected chi connectivity index (χ4v) is 4.32. The fraction of sp³-hybridized carbons (Fsp3) is 0.857. The maximum atomic E-state index is 12.5. The number of carbonyl (C=O) groups is 2. The van der Waals surface area contributed by atoms with Crippen LogP contribution in [0.5, 0.6) is 0 Å². The number of piperidine rings is 2. The van der Waals surface area contributed by atoms with E-state index in [1.807, 2.05) is 0 Å². The van der Waals surface area contributed by atoms with Gasteiger partial charge < -0.3 is 20.9 Å². The van der Waals surface area contributed by atoms with Crippen LogP contribution in [0.1, 0.15) is 38.5 Å². The SMILES string of the molecule is O=C(NC1CC2CCC(C1)N2)C1CCC2CN1C(=O)N2. The molecule has 0 aliphatic carbocycles. The zero-order chi connectivity index (χ0) is 13.7. The van der Waals surface area contributed by atoms with Gasteiger partial charge >= 0.3 is 6.03 Å². The van der Waals surface area contributed by atoms with Crippen molar-refractivity contribution < 1.29 is 9.59 Å². The summed E-state index contributed by atoms with van der Waals surface area (Å²) in [4.78, 5) is 26.0. The summed E-state index contributed by atoms with van der Waals surface area (Å²) < 4.78 is 0. The molecule has 4 rings (SSSR count). The second kappa shape index (κ2) is 4.62. The Kier molecular flexibility index (Phi) is 2.87. The lowest BCUT2D eigenvalue weighted by Gasteiger charge is -2.34. The van der Waals surface area contributed by atoms with Gasteiger partial charge in [-0.1, -0.05) is 0 Å². The highest BCUT2D eigenvalue weighted by Crippen LogP contribution is 2.28. The zero-order valence-corrected chi connectivity index (χ0v) is 11.6. The third-order valence-electron chi connectivity index (χ3n) is 5.29. The second-order valence-corrected chi connectivity index (χ2v) is 6.71. The molecule has 0 aromatic carbocycles. The van der Waals surface area contributed by atoms with Crippen molar-refractivity contribution in [1.82, 2.24) is 20.9 Å². The first-order valence-corrected chi connectivity index (χ1v) is 7.82. The molecular formula is C14H22N4O2. The van der Waals surface area contributed by atoms with E-state index in [1.165, 1.54) is 12.8 Å². The molecule has 6 nitrogen and oxygen atoms in total. The molecule has 4 atom stereocenters. The molecule has 0 aromatic rings. The Morgan fingerprint density at radius 1 is 1.10 bits per heavy atom. The minimum absolute atomic E-state index is 0.0480. The van der Waals surface area contributed by atoms with Gasteiger partial charge in [0.25, 0.3) is 0 Å². The Hall–Kier alpha value is -1.30. The Labute approximate surface area is 118 Å². The zero-order valence-electron chi connectivity index (χ0n) is 11.6. The molecule has 0 spiro atoms. The first-order valence-electron chi connectivity index (χ1n) is 7.82. The molecule has 4 saturated heterocycles. The van der Waals surface area contributed by atoms with Gasteiger partial charge in [-0.15, -0.1) is 0 Å². The van der Waals surface area contributed by atoms with Crippen molar-refractivity contribution in [1.29, 1.82) is 0 Å². The Balaban J connectivity index is 1.39. The smallest absolute Gasteiger partial charge is 0.318 e. The highest BCUT2D eigenvalue weighted by atomic mass is 16.2. The summed E-state index contributed by atoms with van der Waals surface area (Å²) in [6, 6.07) is 1.35. The number of carbonyl (C=O) groups excluding carboxylic acids is 2. The normalized spacial score (nSPS) is 42.5. The Morgan fingerprint density at radius 2 is 1.80 bits per heavy atom. The van der Waals surface area contributed by atoms with Crippen LogP contribution in [0.4, 0.5) is 4.79 Å². The molecule has 4 fully saturated rings. The van der Waals surface area contributed by atoms with E-state index in [0.29, 0.717) is 18.6 Å². The van der Waals surface area contributed by atoms with Crippen molar-refractivity contribution in [3.05, 3.63) is 0 Å². The van der Waals surface area contributed by atoms with Gasteiger partial charge in [0, 0.05) is 30.7 Å². The van der Waals surface area contributed by atoms with E-state index in [4.69, 9.17) is 0 Å². The van der Waals surface area contributed by atoms with Gasteiger partial charge in [-0.05, 0) is 38.5 Å². The molecular weight excluding hydrogens is 256 g/mol. The molecule has 4 heterocycles. The van der Waals surface area contributed by atoms with Crippen LogP contribution in [0.2, 0.25) is 0 Å². The lowest BCUT2D eigenvalue weighted by atomic mass is 9.97. The maximum Gasteiger partial charge on any atom is 0.318 e. The number of fused-ring (bicyclic) bond motifs is 4. The van der Waals surface area contributed by atoms with Crippen LogP contribution >= 0.6 is 0 Å². The van der Waals surface area contributed by atoms with Crippen molar-refractivity contribution >= 4 is 11.9 Å². The van der Waals surface area contributed by atoms with Crippen LogP contribution in [-0.2, 0) is 4.79 Å². The standard InChI is InChI=1S/C14H22N4O2/c19-13(12-4-3-10-7-18(12)14(20)17-10)16-11-5-8-1-2-9(6-11)15-8/h8-12,15H,1-7H2,(H,16,19)(H,17,20). The highest BCUT2D eigenvalue weighted by Gasteiger charge is 2.43. The van der Waals surface area contributed by atoms with Gasteiger partial charge in [0.05, 0.1) is 0 Å². The predicted molar refractivity (Wildman–Crippen MR) is 73.2 cm³/mol. The third kappa shape index (κ3) is 2.06. The quantitative estimate of drug-likeness (QED) is 0.662. The Bertz CT molecular complexity index is 429. The monoisotopic (exact) mass is 278 g/mol. The number of hydrogen-bond donors (Lipinski definition) is 3. The van der Waals surface area contributed by atoms with Crippen molar-refractivity contribution in [2.75, 3.05) is 6.54 Å². The first kappa shape index (κ1) is 12.4. The van der Waals surface area contributed by atoms with Gasteiger partial charge in [-0.2, -0.15) is 0 Å². The van der Waals surface area contributed by atoms with Gasteiger partial charge in [0.1, 0.15) is 6.04 Å². The molecule has 0 saturated carbocycles. The summed E-state index contributed by atoms with van der Waals surface area (Å²) in [6.07, 6.45) is 6.23. The molecule has 4 aliphatic heterocycles. The molecule has 4 unspecified atom stereocenters. The van der Waals surface area contributed by atoms with Crippen LogP contribution in [0, 0.1) is 0 Å². The van der Waals surface area contributed by atoms with Crippen molar-refractivity contribution in [3.8, 4) is 0 Å². The van der Waals surface area contributed by atoms with Gasteiger partial charge in [0.2, 0.25) is 5.91 Å². The van der Waals surface area contributed by atoms with Gasteiger partial charge in [-0.25, -0.2) is 4.79 Å². The molecule has 4 aliphatic rings. The minimum atomic E-state index is -0.263. The minimum Gasteiger partial charge on any atom is -0.351 e. The van der Waals surface area contributed by atoms with Crippen LogP contribution < -0.4 is 16.0 Å². The molecule has 3 N–H and O–H groups in total. The van der Waals surface area contributed by atoms with Crippen LogP contribution in [0.25, 0.3) is 0 Å². The molecule has 110 valence electrons. The first-order chi connectivity index (χ1) is 9.69. The highest BCUT2D eigenvalue weighted by molar-refractivity contribution is 5.89. The van der Waals surface area contributed by atoms with Crippen molar-refractivity contribution in [3.63, 3.8) is 0 Å². The van der Waals surface area contributed by atoms with E-state index in [1.54, 1.807) is 4.90 Å². The summed E-state index contributed by atoms with van der Waals surface area (Å²) in [5.74, 6) is 0.0480. The van der Waals surface area contributed by atoms with Crippen LogP contribution in [-0.4, -0.2) is 53.6 Å². The number of nitrogens with zero attached hydrogens (tertiary/aromatic N) is 1. The molecule has 0 aromatic heterocycles. The number of hydrogen-bond acceptors (Lipinski definition) is 3. The molecule has 20 heavy (non-hydrogen) atoms. The predicted octanol–water partition coefficient (Wildman–Crippen LogP) is -0.0582. The summed E-state index contributed by atoms with van der Waals surface area (Å²) in [6.45, 7) is 0.689. The summed E-state index contributed by atoms with van der Waals surface area (Å²) in [5.41, 5.74) is 0. The topological polar surface area (TPSA) is 73.5 Å². The lowest BCUT2D eigenvalue weighted by molar-refractivity contribution is -0.127. The van der Waals surface area contributed by atoms with Gasteiger partial charge in [0.15, 0.2) is 0 Å². The maximum absolute atomic E-state index is 12.5.